The van der Waals surface area contributed by atoms with Crippen molar-refractivity contribution in [3.63, 3.8) is 0 Å². The van der Waals surface area contributed by atoms with Crippen molar-refractivity contribution in [2.45, 2.75) is 38.8 Å². The van der Waals surface area contributed by atoms with Gasteiger partial charge in [0.05, 0.1) is 12.0 Å². The summed E-state index contributed by atoms with van der Waals surface area (Å²) in [5.74, 6) is 0.0859. The summed E-state index contributed by atoms with van der Waals surface area (Å²) in [6.07, 6.45) is 2.89. The Bertz CT molecular complexity index is 420. The van der Waals surface area contributed by atoms with Crippen molar-refractivity contribution in [2.75, 3.05) is 0 Å². The van der Waals surface area contributed by atoms with Crippen LogP contribution in [0.15, 0.2) is 15.9 Å². The molecule has 94 valence electrons. The lowest BCUT2D eigenvalue weighted by Crippen LogP contribution is -2.47. The van der Waals surface area contributed by atoms with Gasteiger partial charge in [0.25, 0.3) is 0 Å². The highest BCUT2D eigenvalue weighted by Crippen LogP contribution is 2.37. The fourth-order valence-corrected chi connectivity index (χ4v) is 3.72. The molecule has 1 fully saturated rings. The Morgan fingerprint density at radius 1 is 1.76 bits per heavy atom. The maximum atomic E-state index is 12.2. The molecule has 2 atom stereocenters. The molecule has 0 radical (unpaired) electrons. The van der Waals surface area contributed by atoms with Gasteiger partial charge in [0.1, 0.15) is 0 Å². The van der Waals surface area contributed by atoms with Crippen molar-refractivity contribution in [1.29, 1.82) is 0 Å². The van der Waals surface area contributed by atoms with E-state index in [0.717, 1.165) is 28.6 Å². The first-order chi connectivity index (χ1) is 8.04. The van der Waals surface area contributed by atoms with Crippen LogP contribution in [0.25, 0.3) is 0 Å². The number of amides is 1. The fraction of sp³-hybridized carbons (Fsp3) is 0.583. The highest BCUT2D eigenvalue weighted by Gasteiger charge is 2.42. The summed E-state index contributed by atoms with van der Waals surface area (Å²) in [5, 5.41) is 5.01. The maximum Gasteiger partial charge on any atom is 0.227 e. The van der Waals surface area contributed by atoms with Gasteiger partial charge in [0.15, 0.2) is 0 Å². The number of carbonyl (C=O) groups excluding carboxylic acids is 1. The van der Waals surface area contributed by atoms with Gasteiger partial charge in [-0.2, -0.15) is 0 Å². The summed E-state index contributed by atoms with van der Waals surface area (Å²) in [7, 11) is 0. The third kappa shape index (κ3) is 2.56. The number of hydrogen-bond acceptors (Lipinski definition) is 3. The number of nitrogens with two attached hydrogens (primary N) is 1. The van der Waals surface area contributed by atoms with Crippen LogP contribution in [-0.4, -0.2) is 11.9 Å². The Kier molecular flexibility index (Phi) is 3.90. The van der Waals surface area contributed by atoms with Crippen LogP contribution < -0.4 is 11.1 Å². The number of carbonyl (C=O) groups is 1. The molecular formula is C12H17BrN2OS. The second kappa shape index (κ2) is 5.08. The van der Waals surface area contributed by atoms with E-state index >= 15 is 0 Å². The first kappa shape index (κ1) is 13.1. The summed E-state index contributed by atoms with van der Waals surface area (Å²) < 4.78 is 1.06. The summed E-state index contributed by atoms with van der Waals surface area (Å²) in [6, 6.07) is 1.99. The average Bonchev–Trinajstić information content (AvgIpc) is 2.84. The van der Waals surface area contributed by atoms with Gasteiger partial charge in [-0.3, -0.25) is 4.79 Å². The van der Waals surface area contributed by atoms with Crippen molar-refractivity contribution < 1.29 is 4.79 Å². The normalized spacial score (nSPS) is 28.3. The van der Waals surface area contributed by atoms with E-state index in [-0.39, 0.29) is 17.4 Å². The predicted octanol–water partition coefficient (Wildman–Crippen LogP) is 2.64. The minimum Gasteiger partial charge on any atom is -0.351 e. The number of nitrogens with one attached hydrogen (secondary N) is 1. The zero-order chi connectivity index (χ0) is 12.5. The number of hydrogen-bond donors (Lipinski definition) is 2. The van der Waals surface area contributed by atoms with Crippen LogP contribution >= 0.6 is 27.3 Å². The SMILES string of the molecule is CC1(C(=O)NCc2sccc2Br)CCCC1N. The van der Waals surface area contributed by atoms with Crippen molar-refractivity contribution in [2.24, 2.45) is 11.1 Å². The van der Waals surface area contributed by atoms with Crippen LogP contribution in [0.2, 0.25) is 0 Å². The van der Waals surface area contributed by atoms with Crippen LogP contribution in [0, 0.1) is 5.41 Å². The van der Waals surface area contributed by atoms with Gasteiger partial charge in [-0.25, -0.2) is 0 Å². The number of halogens is 1. The Labute approximate surface area is 114 Å². The van der Waals surface area contributed by atoms with E-state index < -0.39 is 0 Å². The third-order valence-electron chi connectivity index (χ3n) is 3.65. The van der Waals surface area contributed by atoms with Gasteiger partial charge in [0, 0.05) is 15.4 Å². The average molecular weight is 317 g/mol. The summed E-state index contributed by atoms with van der Waals surface area (Å²) in [4.78, 5) is 13.3. The molecule has 5 heteroatoms. The molecule has 1 heterocycles. The molecular weight excluding hydrogens is 300 g/mol. The van der Waals surface area contributed by atoms with E-state index in [1.54, 1.807) is 11.3 Å². The smallest absolute Gasteiger partial charge is 0.227 e. The molecule has 1 aliphatic rings. The van der Waals surface area contributed by atoms with E-state index in [9.17, 15) is 4.79 Å². The molecule has 1 aliphatic carbocycles. The van der Waals surface area contributed by atoms with Crippen LogP contribution in [-0.2, 0) is 11.3 Å². The molecule has 1 amide bonds. The first-order valence-corrected chi connectivity index (χ1v) is 7.47. The molecule has 3 nitrogen and oxygen atoms in total. The van der Waals surface area contributed by atoms with Crippen molar-refractivity contribution in [3.05, 3.63) is 20.8 Å². The van der Waals surface area contributed by atoms with Crippen molar-refractivity contribution in [3.8, 4) is 0 Å². The molecule has 0 aromatic carbocycles. The van der Waals surface area contributed by atoms with E-state index in [1.165, 1.54) is 0 Å². The van der Waals surface area contributed by atoms with Crippen LogP contribution in [0.1, 0.15) is 31.1 Å². The van der Waals surface area contributed by atoms with Crippen LogP contribution in [0.4, 0.5) is 0 Å². The van der Waals surface area contributed by atoms with Gasteiger partial charge >= 0.3 is 0 Å². The Morgan fingerprint density at radius 3 is 3.06 bits per heavy atom. The molecule has 0 bridgehead atoms. The standard InChI is InChI=1S/C12H17BrN2OS/c1-12(5-2-3-10(12)14)11(16)15-7-9-8(13)4-6-17-9/h4,6,10H,2-3,5,7,14H2,1H3,(H,15,16). The van der Waals surface area contributed by atoms with Gasteiger partial charge in [-0.1, -0.05) is 6.42 Å². The molecule has 17 heavy (non-hydrogen) atoms. The molecule has 1 saturated carbocycles. The minimum atomic E-state index is -0.385. The first-order valence-electron chi connectivity index (χ1n) is 5.80. The molecule has 0 spiro atoms. The Hall–Kier alpha value is -0.390. The van der Waals surface area contributed by atoms with E-state index in [0.29, 0.717) is 6.54 Å². The molecule has 1 aromatic heterocycles. The highest BCUT2D eigenvalue weighted by atomic mass is 79.9. The van der Waals surface area contributed by atoms with E-state index in [1.807, 2.05) is 18.4 Å². The second-order valence-electron chi connectivity index (χ2n) is 4.79. The molecule has 0 saturated heterocycles. The second-order valence-corrected chi connectivity index (χ2v) is 6.65. The topological polar surface area (TPSA) is 55.1 Å². The van der Waals surface area contributed by atoms with Gasteiger partial charge < -0.3 is 11.1 Å². The van der Waals surface area contributed by atoms with Gasteiger partial charge in [-0.15, -0.1) is 11.3 Å². The zero-order valence-electron chi connectivity index (χ0n) is 9.83. The van der Waals surface area contributed by atoms with Crippen molar-refractivity contribution in [1.82, 2.24) is 5.32 Å². The molecule has 1 aromatic rings. The molecule has 2 unspecified atom stereocenters. The lowest BCUT2D eigenvalue weighted by Gasteiger charge is -2.27. The largest absolute Gasteiger partial charge is 0.351 e. The lowest BCUT2D eigenvalue weighted by molar-refractivity contribution is -0.130. The summed E-state index contributed by atoms with van der Waals surface area (Å²) in [5.41, 5.74) is 5.64. The van der Waals surface area contributed by atoms with Gasteiger partial charge in [-0.05, 0) is 47.1 Å². The van der Waals surface area contributed by atoms with E-state index in [2.05, 4.69) is 21.2 Å². The van der Waals surface area contributed by atoms with Crippen LogP contribution in [0.5, 0.6) is 0 Å². The summed E-state index contributed by atoms with van der Waals surface area (Å²) in [6.45, 7) is 2.56. The Balaban J connectivity index is 1.96. The molecule has 0 aliphatic heterocycles. The highest BCUT2D eigenvalue weighted by molar-refractivity contribution is 9.10. The quantitative estimate of drug-likeness (QED) is 0.900. The lowest BCUT2D eigenvalue weighted by atomic mass is 9.84. The fourth-order valence-electron chi connectivity index (χ4n) is 2.29. The van der Waals surface area contributed by atoms with Gasteiger partial charge in [0.2, 0.25) is 5.91 Å². The zero-order valence-corrected chi connectivity index (χ0v) is 12.2. The summed E-state index contributed by atoms with van der Waals surface area (Å²) >= 11 is 5.10. The molecule has 3 N–H and O–H groups in total. The van der Waals surface area contributed by atoms with E-state index in [4.69, 9.17) is 5.73 Å². The third-order valence-corrected chi connectivity index (χ3v) is 5.58. The number of thiophene rings is 1. The number of rotatable bonds is 3. The molecule has 2 rings (SSSR count). The monoisotopic (exact) mass is 316 g/mol. The maximum absolute atomic E-state index is 12.2. The minimum absolute atomic E-state index is 0.00530. The van der Waals surface area contributed by atoms with Crippen molar-refractivity contribution >= 4 is 33.2 Å². The van der Waals surface area contributed by atoms with Crippen LogP contribution in [0.3, 0.4) is 0 Å². The Morgan fingerprint density at radius 2 is 2.53 bits per heavy atom. The predicted molar refractivity (Wildman–Crippen MR) is 73.8 cm³/mol.